The average Bonchev–Trinajstić information content (AvgIpc) is 2.85. The molecule has 2 aromatic rings. The molecule has 0 saturated carbocycles. The van der Waals surface area contributed by atoms with Crippen LogP contribution >= 0.6 is 0 Å². The van der Waals surface area contributed by atoms with Crippen LogP contribution in [0.3, 0.4) is 0 Å². The van der Waals surface area contributed by atoms with Gasteiger partial charge in [-0.1, -0.05) is 6.07 Å². The van der Waals surface area contributed by atoms with Crippen molar-refractivity contribution in [3.63, 3.8) is 0 Å². The maximum atomic E-state index is 13.3. The van der Waals surface area contributed by atoms with Gasteiger partial charge < -0.3 is 15.0 Å². The summed E-state index contributed by atoms with van der Waals surface area (Å²) in [6, 6.07) is 2.91. The van der Waals surface area contributed by atoms with E-state index in [4.69, 9.17) is 4.74 Å². The largest absolute Gasteiger partial charge is 0.462 e. The number of ether oxygens (including phenoxy) is 1. The van der Waals surface area contributed by atoms with Crippen LogP contribution in [0, 0.1) is 25.5 Å². The van der Waals surface area contributed by atoms with Gasteiger partial charge in [0, 0.05) is 5.69 Å². The summed E-state index contributed by atoms with van der Waals surface area (Å²) in [7, 11) is 0. The number of carbonyl (C=O) groups excluding carboxylic acids is 2. The van der Waals surface area contributed by atoms with Gasteiger partial charge in [0.2, 0.25) is 0 Å². The molecule has 0 saturated heterocycles. The molecule has 0 bridgehead atoms. The Morgan fingerprint density at radius 1 is 1.24 bits per heavy atom. The molecule has 25 heavy (non-hydrogen) atoms. The number of rotatable bonds is 5. The Kier molecular flexibility index (Phi) is 5.56. The van der Waals surface area contributed by atoms with Gasteiger partial charge >= 0.3 is 5.97 Å². The molecule has 7 heteroatoms. The number of H-pyrrole nitrogens is 1. The lowest BCUT2D eigenvalue weighted by Gasteiger charge is -2.14. The Labute approximate surface area is 144 Å². The summed E-state index contributed by atoms with van der Waals surface area (Å²) in [6.45, 7) is 6.91. The maximum absolute atomic E-state index is 13.3. The quantitative estimate of drug-likeness (QED) is 0.810. The second-order valence-electron chi connectivity index (χ2n) is 5.71. The highest BCUT2D eigenvalue weighted by atomic mass is 19.2. The number of aromatic nitrogens is 1. The fraction of sp³-hybridized carbons (Fsp3) is 0.333. The lowest BCUT2D eigenvalue weighted by Crippen LogP contribution is -2.27. The summed E-state index contributed by atoms with van der Waals surface area (Å²) < 4.78 is 31.3. The van der Waals surface area contributed by atoms with E-state index >= 15 is 0 Å². The van der Waals surface area contributed by atoms with Gasteiger partial charge in [-0.3, -0.25) is 4.79 Å². The molecule has 1 amide bonds. The first-order chi connectivity index (χ1) is 11.8. The smallest absolute Gasteiger partial charge is 0.340 e. The average molecular weight is 350 g/mol. The number of nitrogens with one attached hydrogen (secondary N) is 2. The summed E-state index contributed by atoms with van der Waals surface area (Å²) >= 11 is 0. The summed E-state index contributed by atoms with van der Waals surface area (Å²) in [5.74, 6) is -2.87. The van der Waals surface area contributed by atoms with Gasteiger partial charge in [-0.05, 0) is 51.0 Å². The first-order valence-corrected chi connectivity index (χ1v) is 7.88. The van der Waals surface area contributed by atoms with Crippen LogP contribution in [0.5, 0.6) is 0 Å². The molecule has 0 aliphatic heterocycles. The number of hydrogen-bond acceptors (Lipinski definition) is 3. The standard InChI is InChI=1S/C18H20F2N2O3/c1-5-25-18(24)15-9(2)16(21-11(15)4)17(23)22-10(3)12-6-7-13(19)14(20)8-12/h6-8,10,21H,5H2,1-4H3,(H,22,23). The van der Waals surface area contributed by atoms with Crippen LogP contribution in [-0.2, 0) is 4.74 Å². The van der Waals surface area contributed by atoms with Gasteiger partial charge in [-0.15, -0.1) is 0 Å². The van der Waals surface area contributed by atoms with Crippen LogP contribution < -0.4 is 5.32 Å². The first kappa shape index (κ1) is 18.6. The lowest BCUT2D eigenvalue weighted by molar-refractivity contribution is 0.0525. The number of esters is 1. The van der Waals surface area contributed by atoms with E-state index in [0.29, 0.717) is 22.4 Å². The van der Waals surface area contributed by atoms with Crippen molar-refractivity contribution in [2.75, 3.05) is 6.61 Å². The van der Waals surface area contributed by atoms with Gasteiger partial charge in [0.05, 0.1) is 18.2 Å². The molecule has 0 spiro atoms. The van der Waals surface area contributed by atoms with E-state index in [1.165, 1.54) is 6.07 Å². The number of amides is 1. The molecule has 1 aromatic heterocycles. The zero-order chi connectivity index (χ0) is 18.7. The minimum atomic E-state index is -0.977. The van der Waals surface area contributed by atoms with Crippen LogP contribution in [0.15, 0.2) is 18.2 Å². The van der Waals surface area contributed by atoms with Crippen molar-refractivity contribution in [2.45, 2.75) is 33.7 Å². The molecule has 5 nitrogen and oxygen atoms in total. The third-order valence-corrected chi connectivity index (χ3v) is 3.94. The van der Waals surface area contributed by atoms with E-state index in [2.05, 4.69) is 10.3 Å². The highest BCUT2D eigenvalue weighted by molar-refractivity contribution is 6.00. The molecule has 134 valence electrons. The van der Waals surface area contributed by atoms with Gasteiger partial charge in [-0.25, -0.2) is 13.6 Å². The van der Waals surface area contributed by atoms with E-state index in [1.54, 1.807) is 27.7 Å². The van der Waals surface area contributed by atoms with Crippen molar-refractivity contribution in [2.24, 2.45) is 0 Å². The summed E-state index contributed by atoms with van der Waals surface area (Å²) in [6.07, 6.45) is 0. The van der Waals surface area contributed by atoms with Gasteiger partial charge in [-0.2, -0.15) is 0 Å². The predicted octanol–water partition coefficient (Wildman–Crippen LogP) is 3.58. The number of aryl methyl sites for hydroxylation is 1. The Morgan fingerprint density at radius 3 is 2.52 bits per heavy atom. The van der Waals surface area contributed by atoms with Gasteiger partial charge in [0.1, 0.15) is 5.69 Å². The topological polar surface area (TPSA) is 71.2 Å². The molecule has 1 atom stereocenters. The Bertz CT molecular complexity index is 815. The third kappa shape index (κ3) is 3.87. The highest BCUT2D eigenvalue weighted by Gasteiger charge is 2.24. The van der Waals surface area contributed by atoms with Crippen LogP contribution in [-0.4, -0.2) is 23.5 Å². The minimum Gasteiger partial charge on any atom is -0.462 e. The van der Waals surface area contributed by atoms with Gasteiger partial charge in [0.15, 0.2) is 11.6 Å². The molecule has 1 aromatic carbocycles. The van der Waals surface area contributed by atoms with E-state index < -0.39 is 29.6 Å². The van der Waals surface area contributed by atoms with E-state index in [1.807, 2.05) is 0 Å². The summed E-state index contributed by atoms with van der Waals surface area (Å²) in [5.41, 5.74) is 1.99. The molecule has 1 unspecified atom stereocenters. The number of hydrogen-bond donors (Lipinski definition) is 2. The minimum absolute atomic E-state index is 0.231. The van der Waals surface area contributed by atoms with Crippen LogP contribution in [0.1, 0.15) is 57.6 Å². The summed E-state index contributed by atoms with van der Waals surface area (Å²) in [4.78, 5) is 27.4. The third-order valence-electron chi connectivity index (χ3n) is 3.94. The SMILES string of the molecule is CCOC(=O)c1c(C)[nH]c(C(=O)NC(C)c2ccc(F)c(F)c2)c1C. The van der Waals surface area contributed by atoms with Crippen molar-refractivity contribution in [1.29, 1.82) is 0 Å². The number of halogens is 2. The zero-order valence-electron chi connectivity index (χ0n) is 14.5. The second-order valence-corrected chi connectivity index (χ2v) is 5.71. The van der Waals surface area contributed by atoms with Crippen molar-refractivity contribution in [3.8, 4) is 0 Å². The normalized spacial score (nSPS) is 11.9. The molecule has 2 rings (SSSR count). The van der Waals surface area contributed by atoms with Crippen LogP contribution in [0.4, 0.5) is 8.78 Å². The van der Waals surface area contributed by atoms with Gasteiger partial charge in [0.25, 0.3) is 5.91 Å². The van der Waals surface area contributed by atoms with E-state index in [0.717, 1.165) is 12.1 Å². The molecule has 2 N–H and O–H groups in total. The van der Waals surface area contributed by atoms with Crippen molar-refractivity contribution in [3.05, 3.63) is 57.9 Å². The molecule has 1 heterocycles. The fourth-order valence-corrected chi connectivity index (χ4v) is 2.62. The molecular formula is C18H20F2N2O3. The van der Waals surface area contributed by atoms with Crippen molar-refractivity contribution < 1.29 is 23.1 Å². The van der Waals surface area contributed by atoms with E-state index in [-0.39, 0.29) is 12.3 Å². The molecule has 0 aliphatic rings. The second kappa shape index (κ2) is 7.46. The Balaban J connectivity index is 2.22. The zero-order valence-corrected chi connectivity index (χ0v) is 14.5. The summed E-state index contributed by atoms with van der Waals surface area (Å²) in [5, 5.41) is 2.70. The highest BCUT2D eigenvalue weighted by Crippen LogP contribution is 2.21. The van der Waals surface area contributed by atoms with Crippen LogP contribution in [0.2, 0.25) is 0 Å². The Hall–Kier alpha value is -2.70. The Morgan fingerprint density at radius 2 is 1.92 bits per heavy atom. The van der Waals surface area contributed by atoms with Crippen molar-refractivity contribution in [1.82, 2.24) is 10.3 Å². The first-order valence-electron chi connectivity index (χ1n) is 7.88. The molecular weight excluding hydrogens is 330 g/mol. The monoisotopic (exact) mass is 350 g/mol. The van der Waals surface area contributed by atoms with Crippen molar-refractivity contribution >= 4 is 11.9 Å². The predicted molar refractivity (Wildman–Crippen MR) is 88.5 cm³/mol. The molecule has 0 aliphatic carbocycles. The lowest BCUT2D eigenvalue weighted by atomic mass is 10.1. The molecule has 0 radical (unpaired) electrons. The molecule has 0 fully saturated rings. The maximum Gasteiger partial charge on any atom is 0.340 e. The number of carbonyl (C=O) groups is 2. The van der Waals surface area contributed by atoms with Crippen LogP contribution in [0.25, 0.3) is 0 Å². The number of benzene rings is 1. The fourth-order valence-electron chi connectivity index (χ4n) is 2.62. The van der Waals surface area contributed by atoms with E-state index in [9.17, 15) is 18.4 Å². The number of aromatic amines is 1.